The number of H-pyrrole nitrogens is 1. The molecule has 0 saturated carbocycles. The predicted molar refractivity (Wildman–Crippen MR) is 152 cm³/mol. The molecule has 6 heteroatoms. The molecule has 0 saturated heterocycles. The van der Waals surface area contributed by atoms with Crippen LogP contribution in [0.2, 0.25) is 0 Å². The molecule has 0 fully saturated rings. The number of anilines is 1. The highest BCUT2D eigenvalue weighted by molar-refractivity contribution is 7.97. The van der Waals surface area contributed by atoms with E-state index in [-0.39, 0.29) is 0 Å². The fourth-order valence-electron chi connectivity index (χ4n) is 3.30. The number of rotatable bonds is 11. The molecule has 0 aliphatic rings. The van der Waals surface area contributed by atoms with E-state index in [0.29, 0.717) is 0 Å². The number of aromatic amines is 1. The average molecular weight is 490 g/mol. The molecule has 0 atom stereocenters. The van der Waals surface area contributed by atoms with Crippen LogP contribution in [0.25, 0.3) is 10.9 Å². The Bertz CT molecular complexity index is 799. The van der Waals surface area contributed by atoms with Crippen molar-refractivity contribution in [2.24, 2.45) is 0 Å². The molecule has 0 aliphatic carbocycles. The zero-order valence-electron chi connectivity index (χ0n) is 22.1. The Morgan fingerprint density at radius 2 is 1.38 bits per heavy atom. The van der Waals surface area contributed by atoms with E-state index in [9.17, 15) is 0 Å². The molecule has 0 unspecified atom stereocenters. The lowest BCUT2D eigenvalue weighted by Gasteiger charge is -2.25. The molecule has 0 radical (unpaired) electrons. The largest absolute Gasteiger partial charge is 0.400 e. The number of fused-ring (bicyclic) bond motifs is 1. The summed E-state index contributed by atoms with van der Waals surface area (Å²) in [6.07, 6.45) is 7.02. The quantitative estimate of drug-likeness (QED) is 0.258. The summed E-state index contributed by atoms with van der Waals surface area (Å²) in [5.74, 6) is 0. The molecule has 0 bridgehead atoms. The lowest BCUT2D eigenvalue weighted by atomic mass is 10.2. The molecule has 3 N–H and O–H groups in total. The van der Waals surface area contributed by atoms with Crippen LogP contribution in [0.5, 0.6) is 0 Å². The van der Waals surface area contributed by atoms with Crippen LogP contribution in [0, 0.1) is 0 Å². The number of hydrogen-bond donors (Lipinski definition) is 3. The molecule has 1 aromatic heterocycles. The molecule has 3 aromatic rings. The Balaban J connectivity index is 0.000000686. The van der Waals surface area contributed by atoms with Crippen molar-refractivity contribution in [2.75, 3.05) is 45.3 Å². The van der Waals surface area contributed by atoms with Crippen molar-refractivity contribution in [3.63, 3.8) is 0 Å². The number of nitrogens with one attached hydrogen (secondary N) is 1. The van der Waals surface area contributed by atoms with E-state index in [1.807, 2.05) is 30.3 Å². The topological polar surface area (TPSA) is 62.7 Å². The lowest BCUT2D eigenvalue weighted by Crippen LogP contribution is -2.25. The average Bonchev–Trinajstić information content (AvgIpc) is 3.39. The van der Waals surface area contributed by atoms with Gasteiger partial charge in [-0.05, 0) is 60.5 Å². The smallest absolute Gasteiger partial charge is 0.0453 e. The molecule has 0 aliphatic heterocycles. The normalized spacial score (nSPS) is 9.91. The Morgan fingerprint density at radius 1 is 0.765 bits per heavy atom. The first-order valence-corrected chi connectivity index (χ1v) is 13.2. The van der Waals surface area contributed by atoms with Crippen LogP contribution in [0.15, 0.2) is 65.7 Å². The van der Waals surface area contributed by atoms with Crippen LogP contribution < -0.4 is 4.90 Å². The van der Waals surface area contributed by atoms with Gasteiger partial charge < -0.3 is 20.1 Å². The Morgan fingerprint density at radius 3 is 1.94 bits per heavy atom. The maximum absolute atomic E-state index is 7.00. The van der Waals surface area contributed by atoms with Gasteiger partial charge in [0.1, 0.15) is 0 Å². The first kappa shape index (κ1) is 32.0. The number of benzene rings is 2. The maximum atomic E-state index is 7.00. The van der Waals surface area contributed by atoms with E-state index in [1.54, 1.807) is 0 Å². The zero-order chi connectivity index (χ0) is 25.6. The number of aliphatic hydroxyl groups excluding tert-OH is 2. The summed E-state index contributed by atoms with van der Waals surface area (Å²) in [5, 5.41) is 15.3. The summed E-state index contributed by atoms with van der Waals surface area (Å²) in [6.45, 7) is 13.5. The number of unbranched alkanes of at least 4 members (excludes halogenated alkanes) is 2. The van der Waals surface area contributed by atoms with E-state index in [4.69, 9.17) is 10.2 Å². The van der Waals surface area contributed by atoms with Gasteiger partial charge in [0.2, 0.25) is 0 Å². The molecule has 0 amide bonds. The van der Waals surface area contributed by atoms with Crippen LogP contribution in [-0.4, -0.2) is 59.9 Å². The van der Waals surface area contributed by atoms with Crippen molar-refractivity contribution in [2.45, 2.75) is 58.3 Å². The molecule has 1 heterocycles. The van der Waals surface area contributed by atoms with Gasteiger partial charge >= 0.3 is 0 Å². The summed E-state index contributed by atoms with van der Waals surface area (Å²) in [6, 6.07) is 19.3. The third-order valence-corrected chi connectivity index (χ3v) is 6.39. The molecule has 3 rings (SSSR count). The standard InChI is InChI=1S/C18H32N2S.C8H7N.2CH4O/c1-5-9-14-19(15-10-6-2)17-12-11-13-18(16-17)21-20(7-3)8-4;1-2-4-8-7(3-1)5-6-9-8;2*1-2/h11-13,16H,5-10,14-15H2,1-4H3;1-6,9H;2*2H,1H3. The van der Waals surface area contributed by atoms with E-state index in [1.165, 1.54) is 60.3 Å². The second kappa shape index (κ2) is 21.5. The van der Waals surface area contributed by atoms with E-state index in [2.05, 4.69) is 84.3 Å². The monoisotopic (exact) mass is 489 g/mol. The third-order valence-electron chi connectivity index (χ3n) is 5.15. The maximum Gasteiger partial charge on any atom is 0.0453 e. The van der Waals surface area contributed by atoms with Crippen molar-refractivity contribution < 1.29 is 10.2 Å². The minimum absolute atomic E-state index is 1.00. The minimum atomic E-state index is 1.00. The number of hydrogen-bond acceptors (Lipinski definition) is 5. The molecule has 5 nitrogen and oxygen atoms in total. The van der Waals surface area contributed by atoms with Crippen molar-refractivity contribution in [1.29, 1.82) is 0 Å². The van der Waals surface area contributed by atoms with Gasteiger partial charge in [0.25, 0.3) is 0 Å². The predicted octanol–water partition coefficient (Wildman–Crippen LogP) is 6.83. The zero-order valence-corrected chi connectivity index (χ0v) is 22.9. The van der Waals surface area contributed by atoms with E-state index < -0.39 is 0 Å². The van der Waals surface area contributed by atoms with Gasteiger partial charge in [-0.1, -0.05) is 64.8 Å². The third kappa shape index (κ3) is 12.5. The van der Waals surface area contributed by atoms with E-state index in [0.717, 1.165) is 27.3 Å². The number of aliphatic hydroxyl groups is 2. The Kier molecular flexibility index (Phi) is 20.3. The van der Waals surface area contributed by atoms with Crippen molar-refractivity contribution in [3.8, 4) is 0 Å². The second-order valence-corrected chi connectivity index (χ2v) is 8.63. The van der Waals surface area contributed by atoms with Crippen LogP contribution in [0.3, 0.4) is 0 Å². The Labute approximate surface area is 212 Å². The molecule has 34 heavy (non-hydrogen) atoms. The summed E-state index contributed by atoms with van der Waals surface area (Å²) in [5.41, 5.74) is 2.59. The number of para-hydroxylation sites is 1. The SMILES string of the molecule is CCCCN(CCCC)c1cccc(SN(CC)CC)c1.CO.CO.c1ccc2[nH]ccc2c1. The molecular formula is C28H47N3O2S. The van der Waals surface area contributed by atoms with Crippen LogP contribution >= 0.6 is 11.9 Å². The van der Waals surface area contributed by atoms with Gasteiger partial charge in [-0.2, -0.15) is 0 Å². The first-order valence-electron chi connectivity index (χ1n) is 12.4. The highest BCUT2D eigenvalue weighted by Crippen LogP contribution is 2.27. The highest BCUT2D eigenvalue weighted by Gasteiger charge is 2.08. The highest BCUT2D eigenvalue weighted by atomic mass is 32.2. The van der Waals surface area contributed by atoms with Gasteiger partial charge in [0.15, 0.2) is 0 Å². The van der Waals surface area contributed by atoms with Crippen molar-refractivity contribution in [3.05, 3.63) is 60.8 Å². The summed E-state index contributed by atoms with van der Waals surface area (Å²) >= 11 is 1.87. The Hall–Kier alpha value is -1.99. The molecule has 0 spiro atoms. The lowest BCUT2D eigenvalue weighted by molar-refractivity contribution is 0.399. The van der Waals surface area contributed by atoms with Gasteiger partial charge in [-0.15, -0.1) is 0 Å². The second-order valence-electron chi connectivity index (χ2n) is 7.46. The van der Waals surface area contributed by atoms with Gasteiger partial charge in [-0.3, -0.25) is 0 Å². The fraction of sp³-hybridized carbons (Fsp3) is 0.500. The number of nitrogens with zero attached hydrogens (tertiary/aromatic N) is 2. The molecule has 192 valence electrons. The molecule has 2 aromatic carbocycles. The first-order chi connectivity index (χ1) is 16.7. The van der Waals surface area contributed by atoms with Crippen molar-refractivity contribution in [1.82, 2.24) is 9.29 Å². The summed E-state index contributed by atoms with van der Waals surface area (Å²) < 4.78 is 2.39. The molecular weight excluding hydrogens is 442 g/mol. The fourth-order valence-corrected chi connectivity index (χ4v) is 4.17. The van der Waals surface area contributed by atoms with Gasteiger partial charge in [-0.25, -0.2) is 4.31 Å². The van der Waals surface area contributed by atoms with Crippen molar-refractivity contribution >= 4 is 28.5 Å². The number of aromatic nitrogens is 1. The van der Waals surface area contributed by atoms with E-state index >= 15 is 0 Å². The van der Waals surface area contributed by atoms with Crippen LogP contribution in [0.4, 0.5) is 5.69 Å². The minimum Gasteiger partial charge on any atom is -0.400 e. The van der Waals surface area contributed by atoms with Gasteiger partial charge in [0, 0.05) is 62.7 Å². The van der Waals surface area contributed by atoms with Crippen LogP contribution in [-0.2, 0) is 0 Å². The van der Waals surface area contributed by atoms with Crippen LogP contribution in [0.1, 0.15) is 53.4 Å². The summed E-state index contributed by atoms with van der Waals surface area (Å²) in [4.78, 5) is 7.03. The summed E-state index contributed by atoms with van der Waals surface area (Å²) in [7, 11) is 2.00. The van der Waals surface area contributed by atoms with Gasteiger partial charge in [0.05, 0.1) is 0 Å².